The molecule has 20 heavy (non-hydrogen) atoms. The molecule has 1 fully saturated rings. The van der Waals surface area contributed by atoms with Gasteiger partial charge in [-0.1, -0.05) is 6.92 Å². The zero-order chi connectivity index (χ0) is 14.8. The maximum atomic E-state index is 11.8. The molecule has 0 spiro atoms. The average Bonchev–Trinajstić information content (AvgIpc) is 2.97. The number of hydrogen-bond acceptors (Lipinski definition) is 4. The first-order valence-corrected chi connectivity index (χ1v) is 9.22. The van der Waals surface area contributed by atoms with Gasteiger partial charge in [-0.25, -0.2) is 13.4 Å². The summed E-state index contributed by atoms with van der Waals surface area (Å²) in [5.74, 6) is 0.760. The molecule has 0 aromatic carbocycles. The van der Waals surface area contributed by atoms with Gasteiger partial charge in [-0.05, 0) is 39.2 Å². The van der Waals surface area contributed by atoms with Crippen molar-refractivity contribution in [2.45, 2.75) is 45.7 Å². The van der Waals surface area contributed by atoms with E-state index in [0.717, 1.165) is 25.1 Å². The zero-order valence-corrected chi connectivity index (χ0v) is 13.4. The summed E-state index contributed by atoms with van der Waals surface area (Å²) in [6.07, 6.45) is 5.49. The third-order valence-corrected chi connectivity index (χ3v) is 5.72. The van der Waals surface area contributed by atoms with Crippen molar-refractivity contribution in [2.75, 3.05) is 18.1 Å². The second-order valence-electron chi connectivity index (χ2n) is 5.91. The Kier molecular flexibility index (Phi) is 4.86. The molecule has 5 nitrogen and oxygen atoms in total. The van der Waals surface area contributed by atoms with E-state index >= 15 is 0 Å². The van der Waals surface area contributed by atoms with Gasteiger partial charge < -0.3 is 9.88 Å². The van der Waals surface area contributed by atoms with Crippen molar-refractivity contribution >= 4 is 9.84 Å². The fraction of sp³-hybridized carbons (Fsp3) is 0.786. The number of hydrogen-bond donors (Lipinski definition) is 1. The van der Waals surface area contributed by atoms with Crippen LogP contribution in [0, 0.1) is 5.92 Å². The van der Waals surface area contributed by atoms with E-state index < -0.39 is 9.84 Å². The van der Waals surface area contributed by atoms with E-state index in [0.29, 0.717) is 11.8 Å². The first kappa shape index (κ1) is 15.5. The molecule has 0 aliphatic carbocycles. The smallest absolute Gasteiger partial charge is 0.150 e. The second kappa shape index (κ2) is 6.26. The summed E-state index contributed by atoms with van der Waals surface area (Å²) in [5.41, 5.74) is 1.11. The molecular formula is C14H25N3O2S. The molecule has 0 saturated carbocycles. The normalized spacial score (nSPS) is 23.3. The van der Waals surface area contributed by atoms with Crippen molar-refractivity contribution in [3.05, 3.63) is 18.2 Å². The molecule has 1 N–H and O–H groups in total. The molecular weight excluding hydrogens is 274 g/mol. The topological polar surface area (TPSA) is 64.0 Å². The lowest BCUT2D eigenvalue weighted by Crippen LogP contribution is -2.31. The van der Waals surface area contributed by atoms with Gasteiger partial charge in [-0.15, -0.1) is 0 Å². The van der Waals surface area contributed by atoms with Crippen molar-refractivity contribution in [1.29, 1.82) is 0 Å². The van der Waals surface area contributed by atoms with Gasteiger partial charge in [0.1, 0.15) is 0 Å². The zero-order valence-electron chi connectivity index (χ0n) is 12.5. The van der Waals surface area contributed by atoms with Gasteiger partial charge in [-0.2, -0.15) is 0 Å². The van der Waals surface area contributed by atoms with Gasteiger partial charge in [0.2, 0.25) is 0 Å². The van der Waals surface area contributed by atoms with Gasteiger partial charge in [0, 0.05) is 12.2 Å². The Balaban J connectivity index is 2.25. The lowest BCUT2D eigenvalue weighted by atomic mass is 9.96. The summed E-state index contributed by atoms with van der Waals surface area (Å²) in [7, 11) is -2.86. The molecule has 2 heterocycles. The van der Waals surface area contributed by atoms with Crippen LogP contribution in [0.5, 0.6) is 0 Å². The molecule has 2 atom stereocenters. The van der Waals surface area contributed by atoms with Crippen LogP contribution >= 0.6 is 0 Å². The quantitative estimate of drug-likeness (QED) is 0.872. The molecule has 0 amide bonds. The molecule has 1 saturated heterocycles. The molecule has 114 valence electrons. The summed E-state index contributed by atoms with van der Waals surface area (Å²) in [4.78, 5) is 4.25. The average molecular weight is 299 g/mol. The van der Waals surface area contributed by atoms with Crippen LogP contribution in [0.4, 0.5) is 0 Å². The van der Waals surface area contributed by atoms with Gasteiger partial charge in [0.25, 0.3) is 0 Å². The van der Waals surface area contributed by atoms with Gasteiger partial charge in [-0.3, -0.25) is 0 Å². The first-order valence-electron chi connectivity index (χ1n) is 7.40. The minimum absolute atomic E-state index is 0.0807. The Hall–Kier alpha value is -0.880. The van der Waals surface area contributed by atoms with Crippen LogP contribution in [0.15, 0.2) is 12.5 Å². The SMILES string of the molecule is CCCNC(c1cncn1C(C)C)C1CCS(=O)(=O)C1. The lowest BCUT2D eigenvalue weighted by Gasteiger charge is -2.26. The molecule has 1 aromatic heterocycles. The van der Waals surface area contributed by atoms with Crippen LogP contribution in [0.1, 0.15) is 51.4 Å². The van der Waals surface area contributed by atoms with Gasteiger partial charge in [0.15, 0.2) is 9.84 Å². The fourth-order valence-electron chi connectivity index (χ4n) is 2.89. The molecule has 2 unspecified atom stereocenters. The maximum absolute atomic E-state index is 11.8. The predicted octanol–water partition coefficient (Wildman–Crippen LogP) is 1.94. The van der Waals surface area contributed by atoms with E-state index in [-0.39, 0.29) is 17.7 Å². The number of nitrogens with one attached hydrogen (secondary N) is 1. The largest absolute Gasteiger partial charge is 0.331 e. The summed E-state index contributed by atoms with van der Waals surface area (Å²) in [5, 5.41) is 3.52. The highest BCUT2D eigenvalue weighted by Gasteiger charge is 2.35. The summed E-state index contributed by atoms with van der Waals surface area (Å²) in [6.45, 7) is 7.25. The van der Waals surface area contributed by atoms with Crippen LogP contribution in [0.3, 0.4) is 0 Å². The minimum Gasteiger partial charge on any atom is -0.331 e. The Bertz CT molecular complexity index is 536. The molecule has 1 aliphatic rings. The predicted molar refractivity (Wildman–Crippen MR) is 80.4 cm³/mol. The summed E-state index contributed by atoms with van der Waals surface area (Å²) < 4.78 is 25.7. The standard InChI is InChI=1S/C14H25N3O2S/c1-4-6-16-14(12-5-7-20(18,19)9-12)13-8-15-10-17(13)11(2)3/h8,10-12,14,16H,4-7,9H2,1-3H3. The molecule has 0 radical (unpaired) electrons. The van der Waals surface area contributed by atoms with Crippen molar-refractivity contribution in [3.63, 3.8) is 0 Å². The summed E-state index contributed by atoms with van der Waals surface area (Å²) >= 11 is 0. The van der Waals surface area contributed by atoms with Crippen LogP contribution in [-0.4, -0.2) is 36.0 Å². The lowest BCUT2D eigenvalue weighted by molar-refractivity contribution is 0.366. The minimum atomic E-state index is -2.86. The Morgan fingerprint density at radius 2 is 2.25 bits per heavy atom. The maximum Gasteiger partial charge on any atom is 0.150 e. The van der Waals surface area contributed by atoms with E-state index in [2.05, 4.69) is 35.6 Å². The van der Waals surface area contributed by atoms with Crippen LogP contribution < -0.4 is 5.32 Å². The number of sulfone groups is 1. The Morgan fingerprint density at radius 1 is 1.50 bits per heavy atom. The van der Waals surface area contributed by atoms with E-state index in [4.69, 9.17) is 0 Å². The van der Waals surface area contributed by atoms with E-state index in [1.807, 2.05) is 12.5 Å². The molecule has 2 rings (SSSR count). The number of rotatable bonds is 6. The summed E-state index contributed by atoms with van der Waals surface area (Å²) in [6, 6.07) is 0.411. The van der Waals surface area contributed by atoms with Crippen molar-refractivity contribution < 1.29 is 8.42 Å². The molecule has 1 aliphatic heterocycles. The number of nitrogens with zero attached hydrogens (tertiary/aromatic N) is 2. The van der Waals surface area contributed by atoms with Crippen LogP contribution in [-0.2, 0) is 9.84 Å². The van der Waals surface area contributed by atoms with Crippen molar-refractivity contribution in [3.8, 4) is 0 Å². The number of aromatic nitrogens is 2. The monoisotopic (exact) mass is 299 g/mol. The number of imidazole rings is 1. The Morgan fingerprint density at radius 3 is 2.80 bits per heavy atom. The van der Waals surface area contributed by atoms with Crippen LogP contribution in [0.2, 0.25) is 0 Å². The third kappa shape index (κ3) is 3.41. The molecule has 6 heteroatoms. The third-order valence-electron chi connectivity index (χ3n) is 3.92. The van der Waals surface area contributed by atoms with E-state index in [9.17, 15) is 8.42 Å². The fourth-order valence-corrected chi connectivity index (χ4v) is 4.73. The van der Waals surface area contributed by atoms with E-state index in [1.165, 1.54) is 0 Å². The highest BCUT2D eigenvalue weighted by Crippen LogP contribution is 2.32. The second-order valence-corrected chi connectivity index (χ2v) is 8.14. The van der Waals surface area contributed by atoms with Crippen LogP contribution in [0.25, 0.3) is 0 Å². The first-order chi connectivity index (χ1) is 9.44. The Labute approximate surface area is 121 Å². The van der Waals surface area contributed by atoms with Gasteiger partial charge >= 0.3 is 0 Å². The van der Waals surface area contributed by atoms with Crippen molar-refractivity contribution in [2.24, 2.45) is 5.92 Å². The van der Waals surface area contributed by atoms with E-state index in [1.54, 1.807) is 0 Å². The van der Waals surface area contributed by atoms with Gasteiger partial charge in [0.05, 0.1) is 29.6 Å². The van der Waals surface area contributed by atoms with Crippen molar-refractivity contribution in [1.82, 2.24) is 14.9 Å². The highest BCUT2D eigenvalue weighted by atomic mass is 32.2. The molecule has 0 bridgehead atoms. The molecule has 1 aromatic rings. The highest BCUT2D eigenvalue weighted by molar-refractivity contribution is 7.91.